The molecule has 27 heavy (non-hydrogen) atoms. The monoisotopic (exact) mass is 380 g/mol. The van der Waals surface area contributed by atoms with Crippen molar-refractivity contribution >= 4 is 28.2 Å². The zero-order chi connectivity index (χ0) is 19.0. The van der Waals surface area contributed by atoms with Gasteiger partial charge in [0.2, 0.25) is 0 Å². The minimum atomic E-state index is -0.208. The zero-order valence-corrected chi connectivity index (χ0v) is 15.0. The van der Waals surface area contributed by atoms with Crippen molar-refractivity contribution in [1.82, 2.24) is 9.97 Å². The Hall–Kier alpha value is -3.32. The van der Waals surface area contributed by atoms with Gasteiger partial charge < -0.3 is 20.3 Å². The van der Waals surface area contributed by atoms with Gasteiger partial charge in [-0.15, -0.1) is 11.3 Å². The number of hydrogen-bond donors (Lipinski definition) is 4. The van der Waals surface area contributed by atoms with Crippen LogP contribution in [-0.2, 0) is 6.42 Å². The Morgan fingerprint density at radius 3 is 2.59 bits per heavy atom. The highest BCUT2D eigenvalue weighted by Gasteiger charge is 2.17. The van der Waals surface area contributed by atoms with Gasteiger partial charge in [-0.2, -0.15) is 0 Å². The van der Waals surface area contributed by atoms with Crippen molar-refractivity contribution in [2.45, 2.75) is 12.8 Å². The molecule has 0 radical (unpaired) electrons. The number of aromatic hydroxyl groups is 3. The van der Waals surface area contributed by atoms with Gasteiger partial charge in [-0.3, -0.25) is 4.79 Å². The molecule has 0 amide bonds. The van der Waals surface area contributed by atoms with Gasteiger partial charge in [-0.25, -0.2) is 4.98 Å². The number of nitrogens with zero attached hydrogens (tertiary/aromatic N) is 1. The van der Waals surface area contributed by atoms with Gasteiger partial charge in [0.1, 0.15) is 22.6 Å². The van der Waals surface area contributed by atoms with Crippen LogP contribution in [0.2, 0.25) is 0 Å². The van der Waals surface area contributed by atoms with Crippen LogP contribution in [0.1, 0.15) is 22.3 Å². The second kappa shape index (κ2) is 6.77. The van der Waals surface area contributed by atoms with Gasteiger partial charge >= 0.3 is 0 Å². The predicted octanol–water partition coefficient (Wildman–Crippen LogP) is 4.22. The normalized spacial score (nSPS) is 11.1. The molecule has 6 nitrogen and oxygen atoms in total. The van der Waals surface area contributed by atoms with Crippen molar-refractivity contribution in [3.8, 4) is 28.0 Å². The van der Waals surface area contributed by atoms with Gasteiger partial charge in [0.15, 0.2) is 17.3 Å². The summed E-state index contributed by atoms with van der Waals surface area (Å²) in [5.41, 5.74) is 2.06. The number of aromatic nitrogens is 2. The summed E-state index contributed by atoms with van der Waals surface area (Å²) in [6, 6.07) is 11.4. The van der Waals surface area contributed by atoms with Crippen LogP contribution in [-0.4, -0.2) is 31.1 Å². The lowest BCUT2D eigenvalue weighted by atomic mass is 10.0. The summed E-state index contributed by atoms with van der Waals surface area (Å²) >= 11 is 1.52. The molecule has 4 aromatic rings. The molecule has 0 atom stereocenters. The number of hydrogen-bond acceptors (Lipinski definition) is 6. The summed E-state index contributed by atoms with van der Waals surface area (Å²) in [4.78, 5) is 21.3. The Bertz CT molecular complexity index is 1130. The lowest BCUT2D eigenvalue weighted by Crippen LogP contribution is -2.02. The number of carbonyl (C=O) groups excluding carboxylic acids is 1. The van der Waals surface area contributed by atoms with Crippen LogP contribution in [0.3, 0.4) is 0 Å². The van der Waals surface area contributed by atoms with Gasteiger partial charge in [0, 0.05) is 12.0 Å². The SMILES string of the molecule is O=C(CCc1ccc(O)c(O)c1)c1ccc(O)c2[nH]c(-c3cccs3)nc12. The van der Waals surface area contributed by atoms with E-state index in [1.807, 2.05) is 17.5 Å². The predicted molar refractivity (Wildman–Crippen MR) is 103 cm³/mol. The average Bonchev–Trinajstić information content (AvgIpc) is 3.32. The number of nitrogens with one attached hydrogen (secondary N) is 1. The standard InChI is InChI=1S/C20H16N2O4S/c23-13(6-3-11-4-7-14(24)16(26)10-11)12-5-8-15(25)19-18(12)21-20(22-19)17-2-1-9-27-17/h1-2,4-5,7-10,24-26H,3,6H2,(H,21,22). The van der Waals surface area contributed by atoms with Crippen LogP contribution in [0.25, 0.3) is 21.7 Å². The van der Waals surface area contributed by atoms with E-state index in [1.165, 1.54) is 29.5 Å². The first-order valence-electron chi connectivity index (χ1n) is 8.32. The largest absolute Gasteiger partial charge is 0.506 e. The van der Waals surface area contributed by atoms with E-state index in [2.05, 4.69) is 9.97 Å². The fraction of sp³-hybridized carbons (Fsp3) is 0.100. The number of Topliss-reactive ketones (excluding diaryl/α,β-unsaturated/α-hetero) is 1. The number of benzene rings is 2. The van der Waals surface area contributed by atoms with E-state index < -0.39 is 0 Å². The van der Waals surface area contributed by atoms with Crippen LogP contribution in [0.15, 0.2) is 47.8 Å². The number of imidazole rings is 1. The number of rotatable bonds is 5. The summed E-state index contributed by atoms with van der Waals surface area (Å²) in [5, 5.41) is 31.0. The van der Waals surface area contributed by atoms with Crippen molar-refractivity contribution in [2.24, 2.45) is 0 Å². The topological polar surface area (TPSA) is 106 Å². The Morgan fingerprint density at radius 2 is 1.85 bits per heavy atom. The Labute approximate surface area is 158 Å². The third-order valence-electron chi connectivity index (χ3n) is 4.36. The molecule has 4 N–H and O–H groups in total. The summed E-state index contributed by atoms with van der Waals surface area (Å²) in [6.07, 6.45) is 0.628. The third kappa shape index (κ3) is 3.24. The van der Waals surface area contributed by atoms with Crippen LogP contribution < -0.4 is 0 Å². The fourth-order valence-electron chi connectivity index (χ4n) is 2.95. The maximum absolute atomic E-state index is 12.7. The first kappa shape index (κ1) is 17.1. The number of aromatic amines is 1. The van der Waals surface area contributed by atoms with Crippen LogP contribution in [0.4, 0.5) is 0 Å². The van der Waals surface area contributed by atoms with Crippen LogP contribution >= 0.6 is 11.3 Å². The molecule has 7 heteroatoms. The van der Waals surface area contributed by atoms with E-state index in [4.69, 9.17) is 0 Å². The molecule has 0 saturated carbocycles. The Morgan fingerprint density at radius 1 is 1.04 bits per heavy atom. The molecule has 0 unspecified atom stereocenters. The number of phenolic OH excluding ortho intramolecular Hbond substituents is 3. The van der Waals surface area contributed by atoms with E-state index in [0.717, 1.165) is 10.4 Å². The summed E-state index contributed by atoms with van der Waals surface area (Å²) in [7, 11) is 0. The summed E-state index contributed by atoms with van der Waals surface area (Å²) in [5.74, 6) is 0.138. The van der Waals surface area contributed by atoms with E-state index >= 15 is 0 Å². The fourth-order valence-corrected chi connectivity index (χ4v) is 3.62. The minimum Gasteiger partial charge on any atom is -0.506 e. The molecule has 0 aliphatic rings. The second-order valence-corrected chi connectivity index (χ2v) is 7.11. The first-order chi connectivity index (χ1) is 13.0. The third-order valence-corrected chi connectivity index (χ3v) is 5.24. The van der Waals surface area contributed by atoms with Gasteiger partial charge in [-0.05, 0) is 47.7 Å². The molecule has 2 heterocycles. The van der Waals surface area contributed by atoms with Crippen molar-refractivity contribution in [3.63, 3.8) is 0 Å². The number of carbonyl (C=O) groups is 1. The van der Waals surface area contributed by atoms with Crippen LogP contribution in [0, 0.1) is 0 Å². The van der Waals surface area contributed by atoms with E-state index in [9.17, 15) is 20.1 Å². The first-order valence-corrected chi connectivity index (χ1v) is 9.20. The molecule has 0 fully saturated rings. The molecule has 0 aliphatic carbocycles. The van der Waals surface area contributed by atoms with Gasteiger partial charge in [0.05, 0.1) is 4.88 Å². The van der Waals surface area contributed by atoms with Crippen molar-refractivity contribution in [1.29, 1.82) is 0 Å². The Kier molecular flexibility index (Phi) is 4.29. The maximum atomic E-state index is 12.7. The highest BCUT2D eigenvalue weighted by Crippen LogP contribution is 2.31. The summed E-state index contributed by atoms with van der Waals surface area (Å²) < 4.78 is 0. The maximum Gasteiger partial charge on any atom is 0.165 e. The summed E-state index contributed by atoms with van der Waals surface area (Å²) in [6.45, 7) is 0. The van der Waals surface area contributed by atoms with E-state index in [-0.39, 0.29) is 29.5 Å². The smallest absolute Gasteiger partial charge is 0.165 e. The Balaban J connectivity index is 1.63. The zero-order valence-electron chi connectivity index (χ0n) is 14.1. The number of aryl methyl sites for hydroxylation is 1. The van der Waals surface area contributed by atoms with Gasteiger partial charge in [0.25, 0.3) is 0 Å². The molecular formula is C20H16N2O4S. The molecule has 4 rings (SSSR count). The lowest BCUT2D eigenvalue weighted by molar-refractivity contribution is 0.0984. The molecule has 2 aromatic carbocycles. The minimum absolute atomic E-state index is 0.0420. The van der Waals surface area contributed by atoms with E-state index in [0.29, 0.717) is 28.8 Å². The number of phenols is 3. The molecule has 2 aromatic heterocycles. The molecule has 136 valence electrons. The molecular weight excluding hydrogens is 364 g/mol. The van der Waals surface area contributed by atoms with Crippen LogP contribution in [0.5, 0.6) is 17.2 Å². The highest BCUT2D eigenvalue weighted by molar-refractivity contribution is 7.13. The van der Waals surface area contributed by atoms with Crippen molar-refractivity contribution in [3.05, 3.63) is 59.0 Å². The molecule has 0 spiro atoms. The van der Waals surface area contributed by atoms with Crippen molar-refractivity contribution < 1.29 is 20.1 Å². The number of fused-ring (bicyclic) bond motifs is 1. The van der Waals surface area contributed by atoms with E-state index in [1.54, 1.807) is 12.1 Å². The number of ketones is 1. The van der Waals surface area contributed by atoms with Gasteiger partial charge in [-0.1, -0.05) is 12.1 Å². The second-order valence-electron chi connectivity index (χ2n) is 6.16. The average molecular weight is 380 g/mol. The number of thiophene rings is 1. The molecule has 0 aliphatic heterocycles. The number of H-pyrrole nitrogens is 1. The highest BCUT2D eigenvalue weighted by atomic mass is 32.1. The lowest BCUT2D eigenvalue weighted by Gasteiger charge is -2.05. The quantitative estimate of drug-likeness (QED) is 0.306. The molecule has 0 saturated heterocycles. The van der Waals surface area contributed by atoms with Crippen molar-refractivity contribution in [2.75, 3.05) is 0 Å². The molecule has 0 bridgehead atoms.